The van der Waals surface area contributed by atoms with Crippen LogP contribution < -0.4 is 11.3 Å². The SMILES string of the molecule is CN1CCC(CN(C)Cc2cnc(NN)s2)CC1. The van der Waals surface area contributed by atoms with Crippen LogP contribution in [0.15, 0.2) is 6.20 Å². The van der Waals surface area contributed by atoms with Crippen LogP contribution in [0, 0.1) is 5.92 Å². The van der Waals surface area contributed by atoms with Gasteiger partial charge in [0.2, 0.25) is 0 Å². The van der Waals surface area contributed by atoms with Crippen molar-refractivity contribution in [1.29, 1.82) is 0 Å². The van der Waals surface area contributed by atoms with Crippen molar-refractivity contribution in [2.45, 2.75) is 19.4 Å². The highest BCUT2D eigenvalue weighted by molar-refractivity contribution is 7.15. The second kappa shape index (κ2) is 6.47. The second-order valence-electron chi connectivity index (χ2n) is 5.22. The average molecular weight is 269 g/mol. The van der Waals surface area contributed by atoms with Gasteiger partial charge in [-0.05, 0) is 45.9 Å². The Morgan fingerprint density at radius 3 is 2.89 bits per heavy atom. The lowest BCUT2D eigenvalue weighted by Gasteiger charge is -2.31. The maximum Gasteiger partial charge on any atom is 0.197 e. The molecule has 0 radical (unpaired) electrons. The number of rotatable bonds is 5. The van der Waals surface area contributed by atoms with Crippen molar-refractivity contribution in [1.82, 2.24) is 14.8 Å². The highest BCUT2D eigenvalue weighted by Gasteiger charge is 2.18. The fourth-order valence-electron chi connectivity index (χ4n) is 2.46. The zero-order valence-corrected chi connectivity index (χ0v) is 12.0. The molecule has 0 aromatic carbocycles. The molecule has 5 nitrogen and oxygen atoms in total. The van der Waals surface area contributed by atoms with E-state index in [-0.39, 0.29) is 0 Å². The van der Waals surface area contributed by atoms with Crippen LogP contribution in [0.4, 0.5) is 5.13 Å². The molecule has 0 atom stereocenters. The number of piperidine rings is 1. The first-order chi connectivity index (χ1) is 8.67. The standard InChI is InChI=1S/C12H23N5S/c1-16-5-3-10(4-6-16)8-17(2)9-11-7-14-12(15-13)18-11/h7,10H,3-6,8-9,13H2,1-2H3,(H,14,15). The molecule has 18 heavy (non-hydrogen) atoms. The van der Waals surface area contributed by atoms with Gasteiger partial charge in [-0.2, -0.15) is 0 Å². The van der Waals surface area contributed by atoms with Crippen molar-refractivity contribution < 1.29 is 0 Å². The van der Waals surface area contributed by atoms with Gasteiger partial charge in [-0.15, -0.1) is 0 Å². The third-order valence-electron chi connectivity index (χ3n) is 3.51. The van der Waals surface area contributed by atoms with E-state index in [9.17, 15) is 0 Å². The van der Waals surface area contributed by atoms with Gasteiger partial charge in [0.1, 0.15) is 0 Å². The Labute approximate surface area is 113 Å². The lowest BCUT2D eigenvalue weighted by Crippen LogP contribution is -2.35. The smallest absolute Gasteiger partial charge is 0.197 e. The Morgan fingerprint density at radius 1 is 1.56 bits per heavy atom. The van der Waals surface area contributed by atoms with Crippen molar-refractivity contribution in [2.75, 3.05) is 39.2 Å². The summed E-state index contributed by atoms with van der Waals surface area (Å²) in [6.07, 6.45) is 4.54. The van der Waals surface area contributed by atoms with E-state index < -0.39 is 0 Å². The fourth-order valence-corrected chi connectivity index (χ4v) is 3.27. The predicted octanol–water partition coefficient (Wildman–Crippen LogP) is 1.20. The molecule has 1 aliphatic rings. The zero-order chi connectivity index (χ0) is 13.0. The molecule has 1 aliphatic heterocycles. The molecule has 1 saturated heterocycles. The number of nitrogens with two attached hydrogens (primary N) is 1. The lowest BCUT2D eigenvalue weighted by molar-refractivity contribution is 0.174. The number of nitrogens with zero attached hydrogens (tertiary/aromatic N) is 3. The van der Waals surface area contributed by atoms with Crippen LogP contribution in [0.3, 0.4) is 0 Å². The monoisotopic (exact) mass is 269 g/mol. The molecule has 102 valence electrons. The van der Waals surface area contributed by atoms with Crippen molar-refractivity contribution in [3.05, 3.63) is 11.1 Å². The van der Waals surface area contributed by atoms with Crippen LogP contribution in [0.25, 0.3) is 0 Å². The van der Waals surface area contributed by atoms with Crippen LogP contribution in [0.2, 0.25) is 0 Å². The van der Waals surface area contributed by atoms with Gasteiger partial charge in [-0.3, -0.25) is 5.43 Å². The molecule has 0 amide bonds. The summed E-state index contributed by atoms with van der Waals surface area (Å²) in [7, 11) is 4.40. The van der Waals surface area contributed by atoms with Crippen molar-refractivity contribution >= 4 is 16.5 Å². The quantitative estimate of drug-likeness (QED) is 0.621. The van der Waals surface area contributed by atoms with E-state index in [0.29, 0.717) is 0 Å². The van der Waals surface area contributed by atoms with Crippen LogP contribution >= 0.6 is 11.3 Å². The fraction of sp³-hybridized carbons (Fsp3) is 0.750. The van der Waals surface area contributed by atoms with Crippen molar-refractivity contribution in [2.24, 2.45) is 11.8 Å². The summed E-state index contributed by atoms with van der Waals surface area (Å²) in [4.78, 5) is 10.3. The molecule has 0 unspecified atom stereocenters. The molecular formula is C12H23N5S. The van der Waals surface area contributed by atoms with Crippen molar-refractivity contribution in [3.8, 4) is 0 Å². The number of aromatic nitrogens is 1. The van der Waals surface area contributed by atoms with Crippen LogP contribution in [-0.2, 0) is 6.54 Å². The number of likely N-dealkylation sites (tertiary alicyclic amines) is 1. The number of hydrogen-bond acceptors (Lipinski definition) is 6. The van der Waals surface area contributed by atoms with E-state index >= 15 is 0 Å². The molecule has 2 heterocycles. The lowest BCUT2D eigenvalue weighted by atomic mass is 9.97. The first-order valence-electron chi connectivity index (χ1n) is 6.46. The number of thiazole rings is 1. The number of hydrogen-bond donors (Lipinski definition) is 2. The van der Waals surface area contributed by atoms with Gasteiger partial charge in [0.15, 0.2) is 5.13 Å². The Hall–Kier alpha value is -0.690. The Bertz CT molecular complexity index is 359. The van der Waals surface area contributed by atoms with Crippen molar-refractivity contribution in [3.63, 3.8) is 0 Å². The summed E-state index contributed by atoms with van der Waals surface area (Å²) in [5, 5.41) is 0.790. The molecule has 0 saturated carbocycles. The van der Waals surface area contributed by atoms with Crippen LogP contribution in [0.1, 0.15) is 17.7 Å². The van der Waals surface area contributed by atoms with Gasteiger partial charge in [0, 0.05) is 24.2 Å². The van der Waals surface area contributed by atoms with E-state index in [2.05, 4.69) is 34.3 Å². The Morgan fingerprint density at radius 2 is 2.28 bits per heavy atom. The maximum absolute atomic E-state index is 5.34. The number of hydrazine groups is 1. The van der Waals surface area contributed by atoms with Crippen LogP contribution in [0.5, 0.6) is 0 Å². The number of nitrogen functional groups attached to an aromatic ring is 1. The third kappa shape index (κ3) is 3.91. The van der Waals surface area contributed by atoms with Gasteiger partial charge in [-0.1, -0.05) is 11.3 Å². The van der Waals surface area contributed by atoms with E-state index in [1.165, 1.54) is 37.4 Å². The zero-order valence-electron chi connectivity index (χ0n) is 11.2. The molecule has 3 N–H and O–H groups in total. The molecule has 2 rings (SSSR count). The molecule has 0 aliphatic carbocycles. The summed E-state index contributed by atoms with van der Waals surface area (Å²) in [6, 6.07) is 0. The molecule has 1 aromatic heterocycles. The summed E-state index contributed by atoms with van der Waals surface area (Å²) >= 11 is 1.63. The normalized spacial score (nSPS) is 18.4. The summed E-state index contributed by atoms with van der Waals surface area (Å²) in [6.45, 7) is 4.61. The van der Waals surface area contributed by atoms with Gasteiger partial charge in [-0.25, -0.2) is 10.8 Å². The van der Waals surface area contributed by atoms with E-state index in [1.54, 1.807) is 11.3 Å². The second-order valence-corrected chi connectivity index (χ2v) is 6.33. The molecule has 0 bridgehead atoms. The minimum atomic E-state index is 0.790. The van der Waals surface area contributed by atoms with Gasteiger partial charge in [0.05, 0.1) is 0 Å². The highest BCUT2D eigenvalue weighted by atomic mass is 32.1. The average Bonchev–Trinajstić information content (AvgIpc) is 2.79. The minimum absolute atomic E-state index is 0.790. The largest absolute Gasteiger partial charge is 0.306 e. The molecule has 0 spiro atoms. The van der Waals surface area contributed by atoms with Gasteiger partial charge < -0.3 is 9.80 Å². The minimum Gasteiger partial charge on any atom is -0.306 e. The Balaban J connectivity index is 1.76. The first-order valence-corrected chi connectivity index (χ1v) is 7.27. The number of anilines is 1. The molecular weight excluding hydrogens is 246 g/mol. The first kappa shape index (κ1) is 13.7. The highest BCUT2D eigenvalue weighted by Crippen LogP contribution is 2.21. The van der Waals surface area contributed by atoms with Gasteiger partial charge >= 0.3 is 0 Å². The van der Waals surface area contributed by atoms with Crippen LogP contribution in [-0.4, -0.2) is 48.5 Å². The summed E-state index contributed by atoms with van der Waals surface area (Å²) in [5.74, 6) is 6.18. The van der Waals surface area contributed by atoms with Gasteiger partial charge in [0.25, 0.3) is 0 Å². The molecule has 1 fully saturated rings. The molecule has 1 aromatic rings. The number of nitrogens with one attached hydrogen (secondary N) is 1. The topological polar surface area (TPSA) is 57.4 Å². The Kier molecular flexibility index (Phi) is 4.94. The summed E-state index contributed by atoms with van der Waals surface area (Å²) in [5.41, 5.74) is 2.59. The van der Waals surface area contributed by atoms with E-state index in [1.807, 2.05) is 6.20 Å². The third-order valence-corrected chi connectivity index (χ3v) is 4.42. The molecule has 6 heteroatoms. The predicted molar refractivity (Wildman–Crippen MR) is 76.5 cm³/mol. The summed E-state index contributed by atoms with van der Waals surface area (Å²) < 4.78 is 0. The maximum atomic E-state index is 5.34. The van der Waals surface area contributed by atoms with E-state index in [0.717, 1.165) is 17.6 Å². The van der Waals surface area contributed by atoms with E-state index in [4.69, 9.17) is 5.84 Å².